The number of aryl methyl sites for hydroxylation is 1. The zero-order valence-electron chi connectivity index (χ0n) is 14.7. The number of rotatable bonds is 3. The number of carbonyl (C=O) groups is 1. The van der Waals surface area contributed by atoms with Crippen LogP contribution in [0.3, 0.4) is 0 Å². The van der Waals surface area contributed by atoms with Gasteiger partial charge in [-0.25, -0.2) is 9.67 Å². The van der Waals surface area contributed by atoms with E-state index in [1.807, 2.05) is 21.7 Å². The van der Waals surface area contributed by atoms with Crippen molar-refractivity contribution in [3.63, 3.8) is 0 Å². The lowest BCUT2D eigenvalue weighted by molar-refractivity contribution is 0.0710. The third kappa shape index (κ3) is 3.22. The Labute approximate surface area is 152 Å². The van der Waals surface area contributed by atoms with Gasteiger partial charge in [-0.1, -0.05) is 12.1 Å². The molecule has 0 saturated carbocycles. The van der Waals surface area contributed by atoms with Crippen molar-refractivity contribution >= 4 is 5.91 Å². The van der Waals surface area contributed by atoms with Crippen molar-refractivity contribution in [1.29, 1.82) is 0 Å². The van der Waals surface area contributed by atoms with Crippen molar-refractivity contribution in [2.24, 2.45) is 0 Å². The molecule has 0 atom stereocenters. The van der Waals surface area contributed by atoms with Crippen molar-refractivity contribution in [2.45, 2.75) is 25.7 Å². The van der Waals surface area contributed by atoms with Crippen molar-refractivity contribution in [2.75, 3.05) is 13.1 Å². The minimum absolute atomic E-state index is 0.0750. The Bertz CT molecular complexity index is 897. The highest BCUT2D eigenvalue weighted by molar-refractivity contribution is 5.94. The number of likely N-dealkylation sites (tertiary alicyclic amines) is 1. The number of amides is 1. The number of aromatic nitrogens is 4. The summed E-state index contributed by atoms with van der Waals surface area (Å²) in [6.07, 6.45) is 6.71. The first-order chi connectivity index (χ1) is 12.7. The van der Waals surface area contributed by atoms with Gasteiger partial charge in [0.1, 0.15) is 12.2 Å². The highest BCUT2D eigenvalue weighted by Crippen LogP contribution is 2.28. The number of nitrogens with zero attached hydrogens (tertiary/aromatic N) is 5. The molecule has 1 aromatic carbocycles. The summed E-state index contributed by atoms with van der Waals surface area (Å²) in [5.41, 5.74) is 2.93. The van der Waals surface area contributed by atoms with Gasteiger partial charge >= 0.3 is 0 Å². The van der Waals surface area contributed by atoms with Gasteiger partial charge in [0, 0.05) is 37.0 Å². The minimum Gasteiger partial charge on any atom is -0.339 e. The highest BCUT2D eigenvalue weighted by Gasteiger charge is 2.27. The van der Waals surface area contributed by atoms with Crippen LogP contribution in [-0.2, 0) is 0 Å². The molecule has 3 aromatic rings. The van der Waals surface area contributed by atoms with Crippen LogP contribution in [0.4, 0.5) is 0 Å². The fraction of sp³-hybridized carbons (Fsp3) is 0.300. The van der Waals surface area contributed by atoms with E-state index in [-0.39, 0.29) is 5.91 Å². The average molecular weight is 347 g/mol. The Hall–Kier alpha value is -3.02. The van der Waals surface area contributed by atoms with Crippen LogP contribution >= 0.6 is 0 Å². The Morgan fingerprint density at radius 2 is 1.88 bits per heavy atom. The van der Waals surface area contributed by atoms with E-state index in [2.05, 4.69) is 34.1 Å². The first-order valence-electron chi connectivity index (χ1n) is 8.88. The van der Waals surface area contributed by atoms with Gasteiger partial charge in [0.05, 0.1) is 5.69 Å². The van der Waals surface area contributed by atoms with Crippen molar-refractivity contribution in [3.05, 3.63) is 72.1 Å². The predicted octanol–water partition coefficient (Wildman–Crippen LogP) is 2.99. The van der Waals surface area contributed by atoms with E-state index in [4.69, 9.17) is 0 Å². The van der Waals surface area contributed by atoms with Crippen molar-refractivity contribution in [3.8, 4) is 5.69 Å². The highest BCUT2D eigenvalue weighted by atomic mass is 16.2. The van der Waals surface area contributed by atoms with E-state index in [1.165, 1.54) is 5.56 Å². The van der Waals surface area contributed by atoms with Crippen LogP contribution in [0.2, 0.25) is 0 Å². The van der Waals surface area contributed by atoms with Gasteiger partial charge in [-0.3, -0.25) is 9.78 Å². The molecule has 2 aromatic heterocycles. The number of pyridine rings is 1. The molecule has 1 fully saturated rings. The molecule has 1 saturated heterocycles. The molecule has 6 heteroatoms. The smallest absolute Gasteiger partial charge is 0.253 e. The minimum atomic E-state index is 0.0750. The van der Waals surface area contributed by atoms with Crippen LogP contribution in [0, 0.1) is 6.92 Å². The predicted molar refractivity (Wildman–Crippen MR) is 98.2 cm³/mol. The van der Waals surface area contributed by atoms with Gasteiger partial charge in [-0.2, -0.15) is 5.10 Å². The summed E-state index contributed by atoms with van der Waals surface area (Å²) in [5.74, 6) is 1.36. The maximum atomic E-state index is 12.6. The summed E-state index contributed by atoms with van der Waals surface area (Å²) < 4.78 is 1.93. The molecule has 0 radical (unpaired) electrons. The maximum absolute atomic E-state index is 12.6. The molecule has 0 spiro atoms. The Balaban J connectivity index is 1.48. The average Bonchev–Trinajstić information content (AvgIpc) is 3.18. The molecule has 1 amide bonds. The fourth-order valence-electron chi connectivity index (χ4n) is 3.51. The zero-order chi connectivity index (χ0) is 17.9. The van der Waals surface area contributed by atoms with Gasteiger partial charge in [-0.15, -0.1) is 0 Å². The lowest BCUT2D eigenvalue weighted by Gasteiger charge is -2.31. The molecule has 0 bridgehead atoms. The molecule has 26 heavy (non-hydrogen) atoms. The summed E-state index contributed by atoms with van der Waals surface area (Å²) in [6.45, 7) is 3.53. The molecule has 0 unspecified atom stereocenters. The summed E-state index contributed by atoms with van der Waals surface area (Å²) in [7, 11) is 0. The first kappa shape index (κ1) is 16.4. The van der Waals surface area contributed by atoms with Gasteiger partial charge in [-0.05, 0) is 49.6 Å². The van der Waals surface area contributed by atoms with Gasteiger partial charge in [0.2, 0.25) is 0 Å². The molecule has 6 nitrogen and oxygen atoms in total. The van der Waals surface area contributed by atoms with E-state index in [1.54, 1.807) is 30.9 Å². The fourth-order valence-corrected chi connectivity index (χ4v) is 3.51. The number of piperidine rings is 1. The molecule has 1 aliphatic rings. The van der Waals surface area contributed by atoms with Crippen LogP contribution in [0.15, 0.2) is 55.1 Å². The lowest BCUT2D eigenvalue weighted by atomic mass is 9.95. The van der Waals surface area contributed by atoms with E-state index >= 15 is 0 Å². The molecule has 1 aliphatic heterocycles. The molecule has 3 heterocycles. The maximum Gasteiger partial charge on any atom is 0.253 e. The van der Waals surface area contributed by atoms with Crippen LogP contribution in [0.5, 0.6) is 0 Å². The topological polar surface area (TPSA) is 63.9 Å². The normalized spacial score (nSPS) is 15.2. The molecular formula is C20H21N5O. The molecule has 0 N–H and O–H groups in total. The Morgan fingerprint density at radius 3 is 2.62 bits per heavy atom. The monoisotopic (exact) mass is 347 g/mol. The molecule has 0 aliphatic carbocycles. The summed E-state index contributed by atoms with van der Waals surface area (Å²) in [4.78, 5) is 23.0. The molecule has 4 rings (SSSR count). The summed E-state index contributed by atoms with van der Waals surface area (Å²) in [6, 6.07) is 11.8. The second kappa shape index (κ2) is 7.07. The van der Waals surface area contributed by atoms with Crippen molar-refractivity contribution in [1.82, 2.24) is 24.6 Å². The van der Waals surface area contributed by atoms with E-state index < -0.39 is 0 Å². The number of hydrogen-bond acceptors (Lipinski definition) is 4. The van der Waals surface area contributed by atoms with Crippen LogP contribution in [0.25, 0.3) is 5.69 Å². The lowest BCUT2D eigenvalue weighted by Crippen LogP contribution is -2.38. The van der Waals surface area contributed by atoms with Crippen LogP contribution in [-0.4, -0.2) is 43.6 Å². The van der Waals surface area contributed by atoms with Gasteiger partial charge in [0.25, 0.3) is 5.91 Å². The van der Waals surface area contributed by atoms with Crippen LogP contribution < -0.4 is 0 Å². The Morgan fingerprint density at radius 1 is 1.12 bits per heavy atom. The number of hydrogen-bond donors (Lipinski definition) is 0. The second-order valence-electron chi connectivity index (χ2n) is 6.67. The van der Waals surface area contributed by atoms with Crippen molar-refractivity contribution < 1.29 is 4.79 Å². The number of carbonyl (C=O) groups excluding carboxylic acids is 1. The summed E-state index contributed by atoms with van der Waals surface area (Å²) in [5, 5.41) is 4.42. The third-order valence-electron chi connectivity index (χ3n) is 4.89. The van der Waals surface area contributed by atoms with E-state index in [0.29, 0.717) is 11.5 Å². The standard InChI is InChI=1S/C20H21N5O/c1-15-3-2-4-18(13-15)25-19(22-14-23-25)16-7-11-24(12-8-16)20(26)17-5-9-21-10-6-17/h2-6,9-10,13-14,16H,7-8,11-12H2,1H3. The second-order valence-corrected chi connectivity index (χ2v) is 6.67. The zero-order valence-corrected chi connectivity index (χ0v) is 14.7. The Kier molecular flexibility index (Phi) is 4.48. The van der Waals surface area contributed by atoms with E-state index in [0.717, 1.165) is 37.4 Å². The summed E-state index contributed by atoms with van der Waals surface area (Å²) >= 11 is 0. The SMILES string of the molecule is Cc1cccc(-n2ncnc2C2CCN(C(=O)c3ccncc3)CC2)c1. The van der Waals surface area contributed by atoms with Crippen LogP contribution in [0.1, 0.15) is 40.5 Å². The first-order valence-corrected chi connectivity index (χ1v) is 8.88. The van der Waals surface area contributed by atoms with Gasteiger partial charge < -0.3 is 4.90 Å². The van der Waals surface area contributed by atoms with Gasteiger partial charge in [0.15, 0.2) is 0 Å². The van der Waals surface area contributed by atoms with E-state index in [9.17, 15) is 4.79 Å². The third-order valence-corrected chi connectivity index (χ3v) is 4.89. The largest absolute Gasteiger partial charge is 0.339 e. The molecular weight excluding hydrogens is 326 g/mol. The quantitative estimate of drug-likeness (QED) is 0.731. The molecule has 132 valence electrons. The number of benzene rings is 1.